The van der Waals surface area contributed by atoms with Gasteiger partial charge in [-0.1, -0.05) is 48.0 Å². The molecule has 0 saturated heterocycles. The monoisotopic (exact) mass is 474 g/mol. The fourth-order valence-corrected chi connectivity index (χ4v) is 4.61. The van der Waals surface area contributed by atoms with Crippen molar-refractivity contribution in [3.63, 3.8) is 0 Å². The average molecular weight is 475 g/mol. The molecule has 0 saturated carbocycles. The summed E-state index contributed by atoms with van der Waals surface area (Å²) >= 11 is 0. The second kappa shape index (κ2) is 8.87. The van der Waals surface area contributed by atoms with Crippen molar-refractivity contribution in [1.82, 2.24) is 9.55 Å². The minimum absolute atomic E-state index is 0.00254. The van der Waals surface area contributed by atoms with Crippen molar-refractivity contribution < 1.29 is 18.3 Å². The van der Waals surface area contributed by atoms with E-state index in [-0.39, 0.29) is 11.7 Å². The van der Waals surface area contributed by atoms with Crippen molar-refractivity contribution in [1.29, 1.82) is 0 Å². The van der Waals surface area contributed by atoms with Gasteiger partial charge in [-0.25, -0.2) is 4.98 Å². The Bertz CT molecular complexity index is 1480. The predicted molar refractivity (Wildman–Crippen MR) is 132 cm³/mol. The van der Waals surface area contributed by atoms with Gasteiger partial charge in [0.25, 0.3) is 5.91 Å². The van der Waals surface area contributed by atoms with Gasteiger partial charge in [0, 0.05) is 16.9 Å². The van der Waals surface area contributed by atoms with Crippen molar-refractivity contribution in [2.45, 2.75) is 33.4 Å². The molecule has 3 aromatic carbocycles. The van der Waals surface area contributed by atoms with Crippen LogP contribution in [0.5, 0.6) is 5.75 Å². The first-order valence-electron chi connectivity index (χ1n) is 11.2. The van der Waals surface area contributed by atoms with E-state index >= 15 is 0 Å². The SMILES string of the molecule is CC1=C(C(=O)Nc2ccc(C)cc2C)C(c2ccccc2OC(F)F)n2c(nc3ccccc32)N1. The highest BCUT2D eigenvalue weighted by Crippen LogP contribution is 2.42. The van der Waals surface area contributed by atoms with Crippen LogP contribution in [0.3, 0.4) is 0 Å². The number of rotatable bonds is 5. The first-order chi connectivity index (χ1) is 16.8. The number of hydrogen-bond donors (Lipinski definition) is 2. The van der Waals surface area contributed by atoms with Gasteiger partial charge in [-0.2, -0.15) is 8.78 Å². The van der Waals surface area contributed by atoms with Crippen LogP contribution in [0.25, 0.3) is 11.0 Å². The highest BCUT2D eigenvalue weighted by Gasteiger charge is 2.36. The molecule has 1 aliphatic heterocycles. The molecule has 5 rings (SSSR count). The lowest BCUT2D eigenvalue weighted by molar-refractivity contribution is -0.113. The summed E-state index contributed by atoms with van der Waals surface area (Å²) in [6.45, 7) is 2.68. The number of carbonyl (C=O) groups excluding carboxylic acids is 1. The van der Waals surface area contributed by atoms with E-state index in [1.165, 1.54) is 6.07 Å². The van der Waals surface area contributed by atoms with Crippen molar-refractivity contribution in [3.8, 4) is 5.75 Å². The number of aromatic nitrogens is 2. The molecule has 1 atom stereocenters. The van der Waals surface area contributed by atoms with E-state index in [4.69, 9.17) is 4.74 Å². The normalized spacial score (nSPS) is 15.2. The topological polar surface area (TPSA) is 68.2 Å². The standard InChI is InChI=1S/C27H24F2N4O2/c1-15-12-13-19(16(2)14-15)31-25(34)23-17(3)30-27-32-20-9-5-6-10-21(20)33(27)24(23)18-8-4-7-11-22(18)35-26(28)29/h4-14,24,26H,1-3H3,(H,30,32)(H,31,34). The summed E-state index contributed by atoms with van der Waals surface area (Å²) in [5, 5.41) is 6.24. The highest BCUT2D eigenvalue weighted by atomic mass is 19.3. The fourth-order valence-electron chi connectivity index (χ4n) is 4.61. The zero-order valence-electron chi connectivity index (χ0n) is 19.5. The number of alkyl halides is 2. The molecular formula is C27H24F2N4O2. The second-order valence-corrected chi connectivity index (χ2v) is 8.55. The van der Waals surface area contributed by atoms with Gasteiger partial charge < -0.3 is 15.4 Å². The molecule has 2 N–H and O–H groups in total. The summed E-state index contributed by atoms with van der Waals surface area (Å²) in [6, 6.07) is 19.1. The summed E-state index contributed by atoms with van der Waals surface area (Å²) in [5.74, 6) is 0.175. The first kappa shape index (κ1) is 22.6. The van der Waals surface area contributed by atoms with Crippen LogP contribution in [-0.2, 0) is 4.79 Å². The van der Waals surface area contributed by atoms with Crippen LogP contribution in [0.4, 0.5) is 20.4 Å². The highest BCUT2D eigenvalue weighted by molar-refractivity contribution is 6.07. The molecule has 1 amide bonds. The van der Waals surface area contributed by atoms with E-state index in [1.807, 2.05) is 60.9 Å². The maximum atomic E-state index is 13.8. The maximum Gasteiger partial charge on any atom is 0.387 e. The zero-order chi connectivity index (χ0) is 24.7. The van der Waals surface area contributed by atoms with Gasteiger partial charge in [-0.3, -0.25) is 9.36 Å². The Morgan fingerprint density at radius 2 is 1.80 bits per heavy atom. The minimum Gasteiger partial charge on any atom is -0.434 e. The zero-order valence-corrected chi connectivity index (χ0v) is 19.5. The summed E-state index contributed by atoms with van der Waals surface area (Å²) < 4.78 is 33.3. The Morgan fingerprint density at radius 1 is 1.06 bits per heavy atom. The van der Waals surface area contributed by atoms with Crippen LogP contribution >= 0.6 is 0 Å². The number of imidazole rings is 1. The van der Waals surface area contributed by atoms with Gasteiger partial charge in [-0.15, -0.1) is 0 Å². The number of fused-ring (bicyclic) bond motifs is 3. The molecule has 1 aliphatic rings. The third kappa shape index (κ3) is 4.12. The molecule has 4 aromatic rings. The van der Waals surface area contributed by atoms with Crippen LogP contribution in [-0.4, -0.2) is 22.1 Å². The van der Waals surface area contributed by atoms with Crippen molar-refractivity contribution in [2.75, 3.05) is 10.6 Å². The Labute approximate surface area is 201 Å². The molecule has 0 radical (unpaired) electrons. The van der Waals surface area contributed by atoms with E-state index in [0.29, 0.717) is 28.5 Å². The molecule has 1 unspecified atom stereocenters. The predicted octanol–water partition coefficient (Wildman–Crippen LogP) is 6.18. The molecule has 6 nitrogen and oxygen atoms in total. The largest absolute Gasteiger partial charge is 0.434 e. The van der Waals surface area contributed by atoms with Gasteiger partial charge in [0.05, 0.1) is 22.6 Å². The molecule has 8 heteroatoms. The van der Waals surface area contributed by atoms with Gasteiger partial charge in [0.15, 0.2) is 0 Å². The van der Waals surface area contributed by atoms with E-state index in [2.05, 4.69) is 15.6 Å². The Morgan fingerprint density at radius 3 is 2.57 bits per heavy atom. The molecule has 0 bridgehead atoms. The molecule has 0 aliphatic carbocycles. The lowest BCUT2D eigenvalue weighted by Gasteiger charge is -2.31. The number of para-hydroxylation sites is 3. The molecule has 35 heavy (non-hydrogen) atoms. The third-order valence-electron chi connectivity index (χ3n) is 6.14. The number of allylic oxidation sites excluding steroid dienone is 1. The van der Waals surface area contributed by atoms with Gasteiger partial charge in [0.1, 0.15) is 5.75 Å². The average Bonchev–Trinajstić information content (AvgIpc) is 3.18. The van der Waals surface area contributed by atoms with E-state index in [9.17, 15) is 13.6 Å². The van der Waals surface area contributed by atoms with Crippen LogP contribution in [0.2, 0.25) is 0 Å². The Hall–Kier alpha value is -4.20. The maximum absolute atomic E-state index is 13.8. The molecule has 0 spiro atoms. The number of benzene rings is 3. The second-order valence-electron chi connectivity index (χ2n) is 8.55. The number of halogens is 2. The van der Waals surface area contributed by atoms with E-state index < -0.39 is 12.7 Å². The number of nitrogens with zero attached hydrogens (tertiary/aromatic N) is 2. The first-order valence-corrected chi connectivity index (χ1v) is 11.2. The summed E-state index contributed by atoms with van der Waals surface area (Å²) in [7, 11) is 0. The molecular weight excluding hydrogens is 450 g/mol. The minimum atomic E-state index is -3.01. The number of nitrogens with one attached hydrogen (secondary N) is 2. The smallest absolute Gasteiger partial charge is 0.387 e. The van der Waals surface area contributed by atoms with Gasteiger partial charge in [0.2, 0.25) is 5.95 Å². The fraction of sp³-hybridized carbons (Fsp3) is 0.185. The lowest BCUT2D eigenvalue weighted by Crippen LogP contribution is -2.31. The number of anilines is 2. The van der Waals surface area contributed by atoms with Crippen LogP contribution < -0.4 is 15.4 Å². The van der Waals surface area contributed by atoms with Crippen LogP contribution in [0, 0.1) is 13.8 Å². The summed E-state index contributed by atoms with van der Waals surface area (Å²) in [5.41, 5.74) is 5.56. The number of carbonyl (C=O) groups is 1. The van der Waals surface area contributed by atoms with E-state index in [0.717, 1.165) is 22.2 Å². The van der Waals surface area contributed by atoms with Gasteiger partial charge in [-0.05, 0) is 50.6 Å². The summed E-state index contributed by atoms with van der Waals surface area (Å²) in [4.78, 5) is 18.4. The molecule has 178 valence electrons. The van der Waals surface area contributed by atoms with Crippen LogP contribution in [0.15, 0.2) is 78.0 Å². The van der Waals surface area contributed by atoms with Crippen molar-refractivity contribution >= 4 is 28.6 Å². The quantitative estimate of drug-likeness (QED) is 0.362. The summed E-state index contributed by atoms with van der Waals surface area (Å²) in [6.07, 6.45) is 0. The van der Waals surface area contributed by atoms with Crippen molar-refractivity contribution in [2.24, 2.45) is 0 Å². The number of ether oxygens (including phenoxy) is 1. The molecule has 0 fully saturated rings. The third-order valence-corrected chi connectivity index (χ3v) is 6.14. The lowest BCUT2D eigenvalue weighted by atomic mass is 9.93. The number of hydrogen-bond acceptors (Lipinski definition) is 4. The van der Waals surface area contributed by atoms with Crippen molar-refractivity contribution in [3.05, 3.63) is 94.7 Å². The Kier molecular flexibility index (Phi) is 5.72. The van der Waals surface area contributed by atoms with Gasteiger partial charge >= 0.3 is 6.61 Å². The molecule has 2 heterocycles. The van der Waals surface area contributed by atoms with Crippen LogP contribution in [0.1, 0.15) is 29.7 Å². The molecule has 1 aromatic heterocycles. The Balaban J connectivity index is 1.69. The number of aryl methyl sites for hydroxylation is 2. The number of amides is 1. The van der Waals surface area contributed by atoms with E-state index in [1.54, 1.807) is 25.1 Å².